The van der Waals surface area contributed by atoms with Gasteiger partial charge in [-0.05, 0) is 0 Å². The van der Waals surface area contributed by atoms with Crippen LogP contribution in [-0.2, 0) is 10.0 Å². The Hall–Kier alpha value is -1.37. The maximum Gasteiger partial charge on any atom is 0.390 e. The highest BCUT2D eigenvalue weighted by molar-refractivity contribution is 7.89. The summed E-state index contributed by atoms with van der Waals surface area (Å²) in [4.78, 5) is 4.27. The predicted octanol–water partition coefficient (Wildman–Crippen LogP) is 0.912. The number of hydrazine groups is 1. The largest absolute Gasteiger partial charge is 0.390 e. The second-order valence-corrected chi connectivity index (χ2v) is 6.28. The van der Waals surface area contributed by atoms with Crippen molar-refractivity contribution in [2.45, 2.75) is 17.6 Å². The smallest absolute Gasteiger partial charge is 0.306 e. The van der Waals surface area contributed by atoms with Crippen molar-refractivity contribution in [3.8, 4) is 0 Å². The van der Waals surface area contributed by atoms with E-state index in [1.165, 1.54) is 21.9 Å². The van der Waals surface area contributed by atoms with Crippen molar-refractivity contribution >= 4 is 32.1 Å². The monoisotopic (exact) mass is 329 g/mol. The van der Waals surface area contributed by atoms with E-state index >= 15 is 0 Å². The van der Waals surface area contributed by atoms with Gasteiger partial charge in [-0.15, -0.1) is 11.3 Å². The van der Waals surface area contributed by atoms with Gasteiger partial charge < -0.3 is 5.43 Å². The predicted molar refractivity (Wildman–Crippen MR) is 66.7 cm³/mol. The average Bonchev–Trinajstić information content (AvgIpc) is 2.84. The van der Waals surface area contributed by atoms with E-state index in [1.807, 2.05) is 4.72 Å². The Kier molecular flexibility index (Phi) is 3.90. The van der Waals surface area contributed by atoms with Crippen molar-refractivity contribution in [1.29, 1.82) is 0 Å². The molecule has 0 bridgehead atoms. The second-order valence-electron chi connectivity index (χ2n) is 3.73. The van der Waals surface area contributed by atoms with Crippen LogP contribution in [0.25, 0.3) is 4.96 Å². The van der Waals surface area contributed by atoms with Crippen molar-refractivity contribution < 1.29 is 21.6 Å². The zero-order valence-electron chi connectivity index (χ0n) is 9.81. The van der Waals surface area contributed by atoms with Gasteiger partial charge in [0.15, 0.2) is 10.8 Å². The number of nitrogen functional groups attached to an aromatic ring is 1. The van der Waals surface area contributed by atoms with Gasteiger partial charge in [-0.2, -0.15) is 18.2 Å². The van der Waals surface area contributed by atoms with Crippen molar-refractivity contribution in [3.05, 3.63) is 11.6 Å². The van der Waals surface area contributed by atoms with Crippen LogP contribution >= 0.6 is 11.3 Å². The molecule has 2 aromatic rings. The van der Waals surface area contributed by atoms with Crippen molar-refractivity contribution in [2.24, 2.45) is 5.84 Å². The number of nitrogens with zero attached hydrogens (tertiary/aromatic N) is 2. The summed E-state index contributed by atoms with van der Waals surface area (Å²) >= 11 is 1.17. The highest BCUT2D eigenvalue weighted by Gasteiger charge is 2.30. The van der Waals surface area contributed by atoms with E-state index in [-0.39, 0.29) is 10.8 Å². The number of anilines is 1. The van der Waals surface area contributed by atoms with E-state index in [4.69, 9.17) is 5.84 Å². The molecule has 2 rings (SSSR count). The molecule has 12 heteroatoms. The van der Waals surface area contributed by atoms with Gasteiger partial charge in [0.2, 0.25) is 5.03 Å². The first-order chi connectivity index (χ1) is 9.24. The fourth-order valence-electron chi connectivity index (χ4n) is 1.51. The van der Waals surface area contributed by atoms with Crippen LogP contribution in [-0.4, -0.2) is 30.5 Å². The van der Waals surface area contributed by atoms with Gasteiger partial charge in [-0.3, -0.25) is 4.40 Å². The molecule has 0 amide bonds. The summed E-state index contributed by atoms with van der Waals surface area (Å²) in [6.45, 7) is -0.757. The Bertz CT molecular complexity index is 705. The van der Waals surface area contributed by atoms with E-state index in [0.717, 1.165) is 0 Å². The van der Waals surface area contributed by atoms with Crippen LogP contribution in [0, 0.1) is 0 Å². The third-order valence-corrected chi connectivity index (χ3v) is 4.55. The summed E-state index contributed by atoms with van der Waals surface area (Å²) in [6, 6.07) is 0. The number of nitrogens with one attached hydrogen (secondary N) is 2. The molecule has 0 atom stereocenters. The Morgan fingerprint density at radius 2 is 2.15 bits per heavy atom. The van der Waals surface area contributed by atoms with E-state index in [0.29, 0.717) is 4.96 Å². The first kappa shape index (κ1) is 15.0. The molecule has 0 saturated carbocycles. The van der Waals surface area contributed by atoms with Gasteiger partial charge >= 0.3 is 6.18 Å². The zero-order valence-corrected chi connectivity index (χ0v) is 11.4. The van der Waals surface area contributed by atoms with Crippen LogP contribution in [0.2, 0.25) is 0 Å². The van der Waals surface area contributed by atoms with Crippen LogP contribution in [0.4, 0.5) is 19.0 Å². The van der Waals surface area contributed by atoms with Gasteiger partial charge in [-0.25, -0.2) is 19.0 Å². The minimum atomic E-state index is -4.44. The molecule has 0 saturated heterocycles. The molecule has 7 nitrogen and oxygen atoms in total. The summed E-state index contributed by atoms with van der Waals surface area (Å²) in [6.07, 6.45) is -4.26. The van der Waals surface area contributed by atoms with E-state index in [1.54, 1.807) is 5.38 Å². The zero-order chi connectivity index (χ0) is 15.0. The quantitative estimate of drug-likeness (QED) is 0.559. The standard InChI is InChI=1S/C8H10F3N5O2S2/c9-8(10,11)1-2-13-20(17,18)6-5(15-12)14-7-16(6)3-4-19-7/h3-4,13,15H,1-2,12H2. The van der Waals surface area contributed by atoms with Crippen molar-refractivity contribution in [3.63, 3.8) is 0 Å². The molecule has 0 radical (unpaired) electrons. The van der Waals surface area contributed by atoms with Crippen LogP contribution in [0.15, 0.2) is 16.6 Å². The van der Waals surface area contributed by atoms with Crippen LogP contribution in [0.1, 0.15) is 6.42 Å². The maximum absolute atomic E-state index is 12.0. The third kappa shape index (κ3) is 3.03. The number of rotatable bonds is 5. The first-order valence-electron chi connectivity index (χ1n) is 5.23. The number of imidazole rings is 1. The maximum atomic E-state index is 12.0. The average molecular weight is 329 g/mol. The molecule has 0 aliphatic heterocycles. The number of aromatic nitrogens is 2. The SMILES string of the molecule is NNc1nc2sccn2c1S(=O)(=O)NCCC(F)(F)F. The van der Waals surface area contributed by atoms with Gasteiger partial charge in [-0.1, -0.05) is 0 Å². The molecule has 20 heavy (non-hydrogen) atoms. The third-order valence-electron chi connectivity index (χ3n) is 2.31. The molecular formula is C8H10F3N5O2S2. The van der Waals surface area contributed by atoms with Crippen molar-refractivity contribution in [1.82, 2.24) is 14.1 Å². The number of sulfonamides is 1. The topological polar surface area (TPSA) is 102 Å². The number of hydrogen-bond donors (Lipinski definition) is 3. The summed E-state index contributed by atoms with van der Waals surface area (Å²) in [5.74, 6) is 5.05. The van der Waals surface area contributed by atoms with Crippen LogP contribution in [0.5, 0.6) is 0 Å². The van der Waals surface area contributed by atoms with Gasteiger partial charge in [0.25, 0.3) is 10.0 Å². The number of fused-ring (bicyclic) bond motifs is 1. The number of halogens is 3. The van der Waals surface area contributed by atoms with Crippen LogP contribution < -0.4 is 16.0 Å². The lowest BCUT2D eigenvalue weighted by Crippen LogP contribution is -2.29. The molecule has 4 N–H and O–H groups in total. The highest BCUT2D eigenvalue weighted by Crippen LogP contribution is 2.25. The van der Waals surface area contributed by atoms with Crippen LogP contribution in [0.3, 0.4) is 0 Å². The normalized spacial score (nSPS) is 13.0. The lowest BCUT2D eigenvalue weighted by atomic mass is 10.4. The molecule has 0 unspecified atom stereocenters. The van der Waals surface area contributed by atoms with Gasteiger partial charge in [0.05, 0.1) is 6.42 Å². The molecule has 112 valence electrons. The fraction of sp³-hybridized carbons (Fsp3) is 0.375. The van der Waals surface area contributed by atoms with Gasteiger partial charge in [0, 0.05) is 18.1 Å². The first-order valence-corrected chi connectivity index (χ1v) is 7.59. The Labute approximate surface area is 115 Å². The molecule has 0 spiro atoms. The minimum absolute atomic E-state index is 0.128. The fourth-order valence-corrected chi connectivity index (χ4v) is 3.56. The number of thiazole rings is 1. The molecule has 0 aromatic carbocycles. The second kappa shape index (κ2) is 5.20. The molecule has 0 fully saturated rings. The Morgan fingerprint density at radius 1 is 1.45 bits per heavy atom. The summed E-state index contributed by atoms with van der Waals surface area (Å²) in [5.41, 5.74) is 2.12. The van der Waals surface area contributed by atoms with E-state index in [9.17, 15) is 21.6 Å². The molecule has 0 aliphatic carbocycles. The summed E-state index contributed by atoms with van der Waals surface area (Å²) < 4.78 is 63.3. The van der Waals surface area contributed by atoms with E-state index in [2.05, 4.69) is 10.4 Å². The Balaban J connectivity index is 2.29. The molecular weight excluding hydrogens is 319 g/mol. The lowest BCUT2D eigenvalue weighted by molar-refractivity contribution is -0.132. The summed E-state index contributed by atoms with van der Waals surface area (Å²) in [7, 11) is -4.16. The molecule has 2 aromatic heterocycles. The minimum Gasteiger partial charge on any atom is -0.306 e. The van der Waals surface area contributed by atoms with Crippen molar-refractivity contribution in [2.75, 3.05) is 12.0 Å². The molecule has 0 aliphatic rings. The highest BCUT2D eigenvalue weighted by atomic mass is 32.2. The van der Waals surface area contributed by atoms with E-state index < -0.39 is 29.2 Å². The number of hydrogen-bond acceptors (Lipinski definition) is 6. The Morgan fingerprint density at radius 3 is 2.75 bits per heavy atom. The lowest BCUT2D eigenvalue weighted by Gasteiger charge is -2.09. The summed E-state index contributed by atoms with van der Waals surface area (Å²) in [5, 5.41) is 1.27. The molecule has 2 heterocycles. The number of alkyl halides is 3. The number of nitrogens with two attached hydrogens (primary N) is 1. The van der Waals surface area contributed by atoms with Gasteiger partial charge in [0.1, 0.15) is 0 Å².